The Kier molecular flexibility index (Phi) is 7.77. The molecule has 2 aromatic heterocycles. The Morgan fingerprint density at radius 1 is 0.333 bits per heavy atom. The third kappa shape index (κ3) is 5.58. The highest BCUT2D eigenvalue weighted by Gasteiger charge is 2.19. The van der Waals surface area contributed by atoms with Crippen molar-refractivity contribution in [2.75, 3.05) is 4.90 Å². The summed E-state index contributed by atoms with van der Waals surface area (Å²) in [5.41, 5.74) is 14.5. The van der Waals surface area contributed by atoms with E-state index >= 15 is 0 Å². The number of fused-ring (bicyclic) bond motifs is 4. The third-order valence-corrected chi connectivity index (χ3v) is 10.2. The van der Waals surface area contributed by atoms with E-state index in [9.17, 15) is 0 Å². The maximum atomic E-state index is 5.23. The summed E-state index contributed by atoms with van der Waals surface area (Å²) in [5.74, 6) is 0. The SMILES string of the molecule is c1ccc(-c2cccc(-c3nc4ccccc4nc3-c3ccc(N(c4ccccc4)c4ccc5c(c4)c4ccccc4n5-c4ccccc4)cc3)c2)cc1. The number of hydrogen-bond donors (Lipinski definition) is 0. The van der Waals surface area contributed by atoms with Crippen LogP contribution in [0.3, 0.4) is 0 Å². The van der Waals surface area contributed by atoms with Crippen molar-refractivity contribution in [2.24, 2.45) is 0 Å². The van der Waals surface area contributed by atoms with Crippen molar-refractivity contribution < 1.29 is 0 Å². The van der Waals surface area contributed by atoms with Gasteiger partial charge in [-0.15, -0.1) is 0 Å². The van der Waals surface area contributed by atoms with E-state index in [1.54, 1.807) is 0 Å². The van der Waals surface area contributed by atoms with Gasteiger partial charge < -0.3 is 9.47 Å². The maximum Gasteiger partial charge on any atom is 0.0973 e. The molecule has 4 nitrogen and oxygen atoms in total. The molecule has 0 aliphatic carbocycles. The van der Waals surface area contributed by atoms with Crippen LogP contribution >= 0.6 is 0 Å². The van der Waals surface area contributed by atoms with Gasteiger partial charge in [-0.05, 0) is 90.0 Å². The number of benzene rings is 8. The Labute approximate surface area is 313 Å². The van der Waals surface area contributed by atoms with E-state index in [1.165, 1.54) is 27.4 Å². The zero-order chi connectivity index (χ0) is 35.8. The molecule has 0 radical (unpaired) electrons. The van der Waals surface area contributed by atoms with Gasteiger partial charge in [-0.3, -0.25) is 0 Å². The summed E-state index contributed by atoms with van der Waals surface area (Å²) >= 11 is 0. The molecular formula is C50H34N4. The van der Waals surface area contributed by atoms with Crippen LogP contribution < -0.4 is 4.90 Å². The number of para-hydroxylation sites is 5. The van der Waals surface area contributed by atoms with Crippen LogP contribution in [0.5, 0.6) is 0 Å². The molecule has 254 valence electrons. The average Bonchev–Trinajstić information content (AvgIpc) is 3.58. The van der Waals surface area contributed by atoms with Gasteiger partial charge in [0.05, 0.1) is 33.5 Å². The van der Waals surface area contributed by atoms with Crippen molar-refractivity contribution in [1.82, 2.24) is 14.5 Å². The second kappa shape index (κ2) is 13.4. The Hall–Kier alpha value is -7.30. The fraction of sp³-hybridized carbons (Fsp3) is 0. The predicted octanol–water partition coefficient (Wildman–Crippen LogP) is 13.2. The molecule has 0 saturated heterocycles. The van der Waals surface area contributed by atoms with E-state index in [4.69, 9.17) is 9.97 Å². The van der Waals surface area contributed by atoms with Gasteiger partial charge >= 0.3 is 0 Å². The molecule has 0 amide bonds. The van der Waals surface area contributed by atoms with Crippen LogP contribution in [-0.2, 0) is 0 Å². The molecule has 0 N–H and O–H groups in total. The van der Waals surface area contributed by atoms with E-state index < -0.39 is 0 Å². The quantitative estimate of drug-likeness (QED) is 0.167. The summed E-state index contributed by atoms with van der Waals surface area (Å²) in [6.45, 7) is 0. The molecular weight excluding hydrogens is 657 g/mol. The number of nitrogens with zero attached hydrogens (tertiary/aromatic N) is 4. The van der Waals surface area contributed by atoms with E-state index in [1.807, 2.05) is 30.3 Å². The molecule has 54 heavy (non-hydrogen) atoms. The lowest BCUT2D eigenvalue weighted by molar-refractivity contribution is 1.18. The maximum absolute atomic E-state index is 5.23. The summed E-state index contributed by atoms with van der Waals surface area (Å²) in [5, 5.41) is 2.43. The third-order valence-electron chi connectivity index (χ3n) is 10.2. The second-order valence-electron chi connectivity index (χ2n) is 13.5. The summed E-state index contributed by atoms with van der Waals surface area (Å²) in [6.07, 6.45) is 0. The number of anilines is 3. The van der Waals surface area contributed by atoms with Crippen LogP contribution in [0.2, 0.25) is 0 Å². The lowest BCUT2D eigenvalue weighted by atomic mass is 9.98. The molecule has 0 saturated carbocycles. The van der Waals surface area contributed by atoms with Crippen LogP contribution in [0.1, 0.15) is 0 Å². The minimum atomic E-state index is 0.854. The van der Waals surface area contributed by atoms with E-state index in [-0.39, 0.29) is 0 Å². The minimum Gasteiger partial charge on any atom is -0.310 e. The zero-order valence-corrected chi connectivity index (χ0v) is 29.4. The van der Waals surface area contributed by atoms with Gasteiger partial charge in [-0.2, -0.15) is 0 Å². The lowest BCUT2D eigenvalue weighted by Gasteiger charge is -2.26. The van der Waals surface area contributed by atoms with Crippen LogP contribution in [0, 0.1) is 0 Å². The van der Waals surface area contributed by atoms with Gasteiger partial charge in [0, 0.05) is 44.6 Å². The first-order valence-electron chi connectivity index (χ1n) is 18.3. The number of aromatic nitrogens is 3. The molecule has 0 atom stereocenters. The van der Waals surface area contributed by atoms with Crippen molar-refractivity contribution in [3.63, 3.8) is 0 Å². The molecule has 0 spiro atoms. The molecule has 0 unspecified atom stereocenters. The standard InChI is InChI=1S/C50H34N4/c1-4-15-35(16-5-1)37-17-14-18-38(33-37)50-49(51-45-24-11-12-25-46(45)52-50)36-27-29-41(30-28-36)53(39-19-6-2-7-20-39)42-31-32-48-44(34-42)43-23-10-13-26-47(43)54(48)40-21-8-3-9-22-40/h1-34H. The number of rotatable bonds is 7. The predicted molar refractivity (Wildman–Crippen MR) is 225 cm³/mol. The Bertz CT molecular complexity index is 2920. The Balaban J connectivity index is 1.10. The van der Waals surface area contributed by atoms with Gasteiger partial charge in [0.1, 0.15) is 0 Å². The molecule has 8 aromatic carbocycles. The molecule has 4 heteroatoms. The Morgan fingerprint density at radius 3 is 1.61 bits per heavy atom. The summed E-state index contributed by atoms with van der Waals surface area (Å²) in [7, 11) is 0. The van der Waals surface area contributed by atoms with Crippen LogP contribution in [-0.4, -0.2) is 14.5 Å². The smallest absolute Gasteiger partial charge is 0.0973 e. The van der Waals surface area contributed by atoms with E-state index in [2.05, 4.69) is 185 Å². The highest BCUT2D eigenvalue weighted by Crippen LogP contribution is 2.41. The fourth-order valence-electron chi connectivity index (χ4n) is 7.63. The topological polar surface area (TPSA) is 34.0 Å². The summed E-state index contributed by atoms with van der Waals surface area (Å²) < 4.78 is 2.35. The van der Waals surface area contributed by atoms with Gasteiger partial charge in [-0.1, -0.05) is 127 Å². The first-order chi connectivity index (χ1) is 26.8. The second-order valence-corrected chi connectivity index (χ2v) is 13.5. The summed E-state index contributed by atoms with van der Waals surface area (Å²) in [4.78, 5) is 12.8. The molecule has 0 aliphatic heterocycles. The molecule has 0 bridgehead atoms. The van der Waals surface area contributed by atoms with Crippen LogP contribution in [0.4, 0.5) is 17.1 Å². The fourth-order valence-corrected chi connectivity index (χ4v) is 7.63. The molecule has 0 aliphatic rings. The summed E-state index contributed by atoms with van der Waals surface area (Å²) in [6, 6.07) is 72.6. The van der Waals surface area contributed by atoms with Crippen LogP contribution in [0.15, 0.2) is 206 Å². The van der Waals surface area contributed by atoms with E-state index in [0.29, 0.717) is 0 Å². The minimum absolute atomic E-state index is 0.854. The van der Waals surface area contributed by atoms with Crippen molar-refractivity contribution in [3.05, 3.63) is 206 Å². The van der Waals surface area contributed by atoms with E-state index in [0.717, 1.165) is 61.9 Å². The van der Waals surface area contributed by atoms with Crippen molar-refractivity contribution in [2.45, 2.75) is 0 Å². The highest BCUT2D eigenvalue weighted by atomic mass is 15.1. The molecule has 2 heterocycles. The number of hydrogen-bond acceptors (Lipinski definition) is 3. The van der Waals surface area contributed by atoms with Crippen molar-refractivity contribution in [1.29, 1.82) is 0 Å². The lowest BCUT2D eigenvalue weighted by Crippen LogP contribution is -2.09. The van der Waals surface area contributed by atoms with Gasteiger partial charge in [0.2, 0.25) is 0 Å². The molecule has 10 rings (SSSR count). The van der Waals surface area contributed by atoms with Gasteiger partial charge in [-0.25, -0.2) is 9.97 Å². The Morgan fingerprint density at radius 2 is 0.870 bits per heavy atom. The monoisotopic (exact) mass is 690 g/mol. The molecule has 10 aromatic rings. The van der Waals surface area contributed by atoms with Gasteiger partial charge in [0.15, 0.2) is 0 Å². The van der Waals surface area contributed by atoms with Crippen LogP contribution in [0.25, 0.3) is 72.2 Å². The van der Waals surface area contributed by atoms with Crippen molar-refractivity contribution >= 4 is 49.9 Å². The zero-order valence-electron chi connectivity index (χ0n) is 29.4. The first kappa shape index (κ1) is 31.4. The van der Waals surface area contributed by atoms with Crippen molar-refractivity contribution in [3.8, 4) is 39.3 Å². The van der Waals surface area contributed by atoms with Gasteiger partial charge in [0.25, 0.3) is 0 Å². The normalized spacial score (nSPS) is 11.3. The highest BCUT2D eigenvalue weighted by molar-refractivity contribution is 6.10. The molecule has 0 fully saturated rings. The average molecular weight is 691 g/mol. The largest absolute Gasteiger partial charge is 0.310 e. The first-order valence-corrected chi connectivity index (χ1v) is 18.3.